The Bertz CT molecular complexity index is 1330. The molecule has 0 heterocycles. The predicted octanol–water partition coefficient (Wildman–Crippen LogP) is 8.44. The summed E-state index contributed by atoms with van der Waals surface area (Å²) in [6.07, 6.45) is 0. The van der Waals surface area contributed by atoms with E-state index in [1.54, 1.807) is 38.1 Å². The van der Waals surface area contributed by atoms with Crippen molar-refractivity contribution < 1.29 is 36.5 Å². The number of hydrogen-bond donors (Lipinski definition) is 0. The molecule has 0 aliphatic heterocycles. The molecule has 0 saturated heterocycles. The second-order valence-electron chi connectivity index (χ2n) is 7.33. The van der Waals surface area contributed by atoms with Crippen LogP contribution in [0.25, 0.3) is 22.3 Å². The van der Waals surface area contributed by atoms with Crippen LogP contribution in [0.4, 0.5) is 35.1 Å². The summed E-state index contributed by atoms with van der Waals surface area (Å²) >= 11 is 0. The maximum atomic E-state index is 13.6. The Morgan fingerprint density at radius 1 is 0.471 bits per heavy atom. The lowest BCUT2D eigenvalue weighted by atomic mass is 10.0. The van der Waals surface area contributed by atoms with Gasteiger partial charge in [0.25, 0.3) is 0 Å². The molecule has 0 aliphatic rings. The van der Waals surface area contributed by atoms with Crippen LogP contribution in [-0.2, 0) is 0 Å². The lowest BCUT2D eigenvalue weighted by molar-refractivity contribution is 0.458. The van der Waals surface area contributed by atoms with E-state index < -0.39 is 63.7 Å². The molecule has 4 rings (SSSR count). The van der Waals surface area contributed by atoms with E-state index in [4.69, 9.17) is 1.37 Å². The number of benzene rings is 4. The molecule has 0 aromatic heterocycles. The molecular weight excluding hydrogens is 464 g/mol. The van der Waals surface area contributed by atoms with Crippen LogP contribution in [0.1, 0.15) is 12.5 Å². The lowest BCUT2D eigenvalue weighted by Crippen LogP contribution is -1.98. The highest BCUT2D eigenvalue weighted by Gasteiger charge is 2.21. The molecule has 0 amide bonds. The zero-order valence-electron chi connectivity index (χ0n) is 18.7. The molecule has 8 heteroatoms. The van der Waals surface area contributed by atoms with E-state index in [9.17, 15) is 35.1 Å². The molecule has 0 atom stereocenters. The summed E-state index contributed by atoms with van der Waals surface area (Å²) < 4.78 is 113. The first-order chi connectivity index (χ1) is 16.4. The molecule has 0 saturated carbocycles. The Hall–Kier alpha value is -3.68. The third kappa shape index (κ3) is 5.11. The SMILES string of the molecule is Cc1ccc(-c2c(F)c(F)cc(F)c2F)cc1.[2H]c1c(F)c(F)c(-c2ccc(C)cc2)c(F)c1F. The fourth-order valence-electron chi connectivity index (χ4n) is 3.04. The van der Waals surface area contributed by atoms with Crippen LogP contribution in [0, 0.1) is 60.4 Å². The Balaban J connectivity index is 0.000000196. The van der Waals surface area contributed by atoms with Crippen LogP contribution < -0.4 is 0 Å². The van der Waals surface area contributed by atoms with Gasteiger partial charge in [-0.25, -0.2) is 35.1 Å². The van der Waals surface area contributed by atoms with Crippen molar-refractivity contribution in [1.82, 2.24) is 0 Å². The third-order valence-corrected chi connectivity index (χ3v) is 4.84. The van der Waals surface area contributed by atoms with Gasteiger partial charge in [-0.05, 0) is 25.0 Å². The average Bonchev–Trinajstić information content (AvgIpc) is 2.83. The summed E-state index contributed by atoms with van der Waals surface area (Å²) in [5.41, 5.74) is 0.380. The maximum Gasteiger partial charge on any atom is 0.169 e. The Kier molecular flexibility index (Phi) is 6.95. The lowest BCUT2D eigenvalue weighted by Gasteiger charge is -2.07. The van der Waals surface area contributed by atoms with Crippen LogP contribution in [0.15, 0.2) is 60.6 Å². The first-order valence-electron chi connectivity index (χ1n) is 10.2. The smallest absolute Gasteiger partial charge is 0.169 e. The van der Waals surface area contributed by atoms with E-state index in [-0.39, 0.29) is 17.2 Å². The van der Waals surface area contributed by atoms with E-state index in [0.29, 0.717) is 0 Å². The second kappa shape index (κ2) is 10.1. The number of hydrogen-bond acceptors (Lipinski definition) is 0. The molecule has 0 bridgehead atoms. The van der Waals surface area contributed by atoms with Gasteiger partial charge in [-0.2, -0.15) is 0 Å². The fourth-order valence-corrected chi connectivity index (χ4v) is 3.04. The molecular formula is C26H16F8. The maximum absolute atomic E-state index is 13.6. The van der Waals surface area contributed by atoms with Gasteiger partial charge < -0.3 is 0 Å². The van der Waals surface area contributed by atoms with Crippen molar-refractivity contribution in [3.05, 3.63) is 118 Å². The second-order valence-corrected chi connectivity index (χ2v) is 7.33. The van der Waals surface area contributed by atoms with Crippen LogP contribution >= 0.6 is 0 Å². The molecule has 4 aromatic carbocycles. The normalized spacial score (nSPS) is 11.1. The molecule has 0 N–H and O–H groups in total. The third-order valence-electron chi connectivity index (χ3n) is 4.84. The predicted molar refractivity (Wildman–Crippen MR) is 113 cm³/mol. The molecule has 176 valence electrons. The highest BCUT2D eigenvalue weighted by Crippen LogP contribution is 2.30. The van der Waals surface area contributed by atoms with Gasteiger partial charge in [0, 0.05) is 12.1 Å². The van der Waals surface area contributed by atoms with Gasteiger partial charge >= 0.3 is 0 Å². The highest BCUT2D eigenvalue weighted by molar-refractivity contribution is 5.66. The first kappa shape index (κ1) is 23.5. The largest absolute Gasteiger partial charge is 0.204 e. The minimum absolute atomic E-state index is 0.0217. The van der Waals surface area contributed by atoms with E-state index in [1.165, 1.54) is 24.3 Å². The quantitative estimate of drug-likeness (QED) is 0.199. The van der Waals surface area contributed by atoms with Gasteiger partial charge in [0.15, 0.2) is 46.5 Å². The minimum Gasteiger partial charge on any atom is -0.204 e. The topological polar surface area (TPSA) is 0 Å². The van der Waals surface area contributed by atoms with E-state index in [1.807, 2.05) is 0 Å². The standard InChI is InChI=1S/2C13H8F4/c2*1-7-2-4-8(5-3-7)11-12(16)9(14)6-10(15)13(11)17/h2*2-6H,1H3/i6D;. The average molecular weight is 481 g/mol. The number of rotatable bonds is 2. The van der Waals surface area contributed by atoms with Gasteiger partial charge in [0.2, 0.25) is 0 Å². The van der Waals surface area contributed by atoms with Crippen LogP contribution in [-0.4, -0.2) is 0 Å². The van der Waals surface area contributed by atoms with Crippen molar-refractivity contribution in [1.29, 1.82) is 0 Å². The number of halogens is 8. The van der Waals surface area contributed by atoms with Crippen LogP contribution in [0.5, 0.6) is 0 Å². The Labute approximate surface area is 191 Å². The van der Waals surface area contributed by atoms with Crippen molar-refractivity contribution in [2.75, 3.05) is 0 Å². The molecule has 34 heavy (non-hydrogen) atoms. The van der Waals surface area contributed by atoms with Crippen molar-refractivity contribution in [3.8, 4) is 22.3 Å². The van der Waals surface area contributed by atoms with Crippen molar-refractivity contribution in [3.63, 3.8) is 0 Å². The van der Waals surface area contributed by atoms with Gasteiger partial charge in [-0.3, -0.25) is 0 Å². The van der Waals surface area contributed by atoms with Crippen molar-refractivity contribution >= 4 is 0 Å². The molecule has 0 unspecified atom stereocenters. The van der Waals surface area contributed by atoms with E-state index in [2.05, 4.69) is 0 Å². The molecule has 0 fully saturated rings. The van der Waals surface area contributed by atoms with Gasteiger partial charge in [0.1, 0.15) is 0 Å². The first-order valence-corrected chi connectivity index (χ1v) is 9.73. The summed E-state index contributed by atoms with van der Waals surface area (Å²) in [6.45, 7) is 3.56. The summed E-state index contributed by atoms with van der Waals surface area (Å²) in [6, 6.07) is 10.7. The summed E-state index contributed by atoms with van der Waals surface area (Å²) in [5, 5.41) is 0. The molecule has 4 aromatic rings. The van der Waals surface area contributed by atoms with Crippen molar-refractivity contribution in [2.45, 2.75) is 13.8 Å². The zero-order valence-corrected chi connectivity index (χ0v) is 17.7. The van der Waals surface area contributed by atoms with Crippen LogP contribution in [0.3, 0.4) is 0 Å². The van der Waals surface area contributed by atoms with E-state index >= 15 is 0 Å². The molecule has 0 spiro atoms. The van der Waals surface area contributed by atoms with Crippen LogP contribution in [0.2, 0.25) is 0 Å². The van der Waals surface area contributed by atoms with Gasteiger partial charge in [-0.1, -0.05) is 59.7 Å². The Morgan fingerprint density at radius 2 is 0.765 bits per heavy atom. The van der Waals surface area contributed by atoms with E-state index in [0.717, 1.165) is 11.1 Å². The fraction of sp³-hybridized carbons (Fsp3) is 0.0769. The van der Waals surface area contributed by atoms with Gasteiger partial charge in [0.05, 0.1) is 12.5 Å². The summed E-state index contributed by atoms with van der Waals surface area (Å²) in [4.78, 5) is 0. The minimum atomic E-state index is -1.69. The monoisotopic (exact) mass is 481 g/mol. The Morgan fingerprint density at radius 3 is 1.09 bits per heavy atom. The molecule has 0 nitrogen and oxygen atoms in total. The van der Waals surface area contributed by atoms with Crippen molar-refractivity contribution in [2.24, 2.45) is 0 Å². The zero-order chi connectivity index (χ0) is 26.0. The van der Waals surface area contributed by atoms with Gasteiger partial charge in [-0.15, -0.1) is 0 Å². The summed E-state index contributed by atoms with van der Waals surface area (Å²) in [5.74, 6) is -12.1. The highest BCUT2D eigenvalue weighted by atomic mass is 19.2. The number of aryl methyl sites for hydroxylation is 2. The molecule has 0 radical (unpaired) electrons. The molecule has 0 aliphatic carbocycles. The summed E-state index contributed by atoms with van der Waals surface area (Å²) in [7, 11) is 0.